The Morgan fingerprint density at radius 2 is 2.00 bits per heavy atom. The van der Waals surface area contributed by atoms with E-state index in [0.29, 0.717) is 12.5 Å². The zero-order valence-corrected chi connectivity index (χ0v) is 22.3. The van der Waals surface area contributed by atoms with E-state index < -0.39 is 0 Å². The Bertz CT molecular complexity index is 784. The summed E-state index contributed by atoms with van der Waals surface area (Å²) in [4.78, 5) is 26.1. The van der Waals surface area contributed by atoms with Gasteiger partial charge >= 0.3 is 0 Å². The third kappa shape index (κ3) is 7.18. The average Bonchev–Trinajstić information content (AvgIpc) is 3.30. The molecule has 2 atom stereocenters. The molecule has 2 N–H and O–H groups in total. The Morgan fingerprint density at radius 3 is 2.70 bits per heavy atom. The molecule has 3 heterocycles. The molecular weight excluding hydrogens is 531 g/mol. The molecule has 1 aromatic rings. The summed E-state index contributed by atoms with van der Waals surface area (Å²) in [7, 11) is 1.79. The van der Waals surface area contributed by atoms with Crippen molar-refractivity contribution < 1.29 is 9.53 Å². The maximum Gasteiger partial charge on any atom is 0.225 e. The van der Waals surface area contributed by atoms with E-state index in [2.05, 4.69) is 49.5 Å². The molecule has 9 heteroatoms. The zero-order valence-electron chi connectivity index (χ0n) is 20.0. The van der Waals surface area contributed by atoms with Crippen LogP contribution in [0.15, 0.2) is 23.3 Å². The van der Waals surface area contributed by atoms with Gasteiger partial charge in [0, 0.05) is 57.9 Å². The van der Waals surface area contributed by atoms with Crippen molar-refractivity contribution in [3.8, 4) is 0 Å². The summed E-state index contributed by atoms with van der Waals surface area (Å²) < 4.78 is 5.61. The van der Waals surface area contributed by atoms with Crippen LogP contribution in [0, 0.1) is 5.92 Å². The number of nitrogens with zero attached hydrogens (tertiary/aromatic N) is 4. The van der Waals surface area contributed by atoms with Crippen molar-refractivity contribution in [1.82, 2.24) is 20.5 Å². The van der Waals surface area contributed by atoms with Crippen LogP contribution in [0.2, 0.25) is 0 Å². The molecule has 2 aliphatic heterocycles. The fraction of sp³-hybridized carbons (Fsp3) is 0.708. The van der Waals surface area contributed by atoms with Crippen LogP contribution in [-0.4, -0.2) is 73.7 Å². The number of ether oxygens (including phenoxy) is 1. The summed E-state index contributed by atoms with van der Waals surface area (Å²) in [5.74, 6) is 2.38. The quantitative estimate of drug-likeness (QED) is 0.322. The molecule has 1 aromatic heterocycles. The lowest BCUT2D eigenvalue weighted by Crippen LogP contribution is -2.45. The van der Waals surface area contributed by atoms with E-state index in [0.717, 1.165) is 69.4 Å². The van der Waals surface area contributed by atoms with E-state index in [-0.39, 0.29) is 42.0 Å². The molecule has 8 nitrogen and oxygen atoms in total. The fourth-order valence-corrected chi connectivity index (χ4v) is 4.99. The largest absolute Gasteiger partial charge is 0.375 e. The van der Waals surface area contributed by atoms with Crippen LogP contribution in [0.25, 0.3) is 0 Å². The van der Waals surface area contributed by atoms with Crippen LogP contribution in [0.1, 0.15) is 51.0 Å². The third-order valence-corrected chi connectivity index (χ3v) is 6.85. The number of halogens is 1. The summed E-state index contributed by atoms with van der Waals surface area (Å²) in [6.45, 7) is 6.87. The van der Waals surface area contributed by atoms with Gasteiger partial charge in [-0.05, 0) is 37.8 Å². The SMILES string of the molecule is CN=C(NCc1ccc(N2CCOC(C)C2)nc1)NC1CCN(C(=O)C2CCCCC2)C1.I. The molecule has 1 amide bonds. The van der Waals surface area contributed by atoms with E-state index >= 15 is 0 Å². The molecule has 0 spiro atoms. The van der Waals surface area contributed by atoms with Crippen LogP contribution >= 0.6 is 24.0 Å². The Morgan fingerprint density at radius 1 is 1.18 bits per heavy atom. The maximum absolute atomic E-state index is 12.8. The van der Waals surface area contributed by atoms with Crippen molar-refractivity contribution in [2.24, 2.45) is 10.9 Å². The van der Waals surface area contributed by atoms with Crippen LogP contribution in [0.4, 0.5) is 5.82 Å². The molecule has 1 saturated carbocycles. The molecular formula is C24H39IN6O2. The van der Waals surface area contributed by atoms with Crippen molar-refractivity contribution in [3.05, 3.63) is 23.9 Å². The van der Waals surface area contributed by atoms with Crippen molar-refractivity contribution in [2.45, 2.75) is 64.1 Å². The summed E-state index contributed by atoms with van der Waals surface area (Å²) in [5, 5.41) is 6.88. The number of hydrogen-bond acceptors (Lipinski definition) is 5. The minimum atomic E-state index is 0. The van der Waals surface area contributed by atoms with Gasteiger partial charge in [-0.3, -0.25) is 9.79 Å². The highest BCUT2D eigenvalue weighted by Crippen LogP contribution is 2.26. The van der Waals surface area contributed by atoms with Gasteiger partial charge in [0.2, 0.25) is 5.91 Å². The molecule has 4 rings (SSSR count). The Labute approximate surface area is 215 Å². The topological polar surface area (TPSA) is 82.1 Å². The number of rotatable bonds is 5. The van der Waals surface area contributed by atoms with Gasteiger partial charge < -0.3 is 25.2 Å². The minimum Gasteiger partial charge on any atom is -0.375 e. The van der Waals surface area contributed by atoms with E-state index in [1.807, 2.05) is 6.20 Å². The molecule has 3 fully saturated rings. The summed E-state index contributed by atoms with van der Waals surface area (Å²) in [6, 6.07) is 4.44. The van der Waals surface area contributed by atoms with Crippen LogP contribution < -0.4 is 15.5 Å². The average molecular weight is 571 g/mol. The van der Waals surface area contributed by atoms with E-state index in [1.165, 1.54) is 19.3 Å². The highest BCUT2D eigenvalue weighted by Gasteiger charge is 2.31. The van der Waals surface area contributed by atoms with Crippen molar-refractivity contribution in [1.29, 1.82) is 0 Å². The first kappa shape index (κ1) is 26.0. The van der Waals surface area contributed by atoms with Gasteiger partial charge in [-0.1, -0.05) is 25.3 Å². The Balaban J connectivity index is 0.00000306. The molecule has 0 radical (unpaired) electrons. The van der Waals surface area contributed by atoms with Crippen molar-refractivity contribution >= 4 is 41.7 Å². The second-order valence-corrected chi connectivity index (χ2v) is 9.33. The maximum atomic E-state index is 12.8. The molecule has 33 heavy (non-hydrogen) atoms. The number of guanidine groups is 1. The van der Waals surface area contributed by atoms with Gasteiger partial charge in [-0.15, -0.1) is 24.0 Å². The van der Waals surface area contributed by atoms with Crippen LogP contribution in [0.5, 0.6) is 0 Å². The first-order chi connectivity index (χ1) is 15.6. The minimum absolute atomic E-state index is 0. The summed E-state index contributed by atoms with van der Waals surface area (Å²) in [5.41, 5.74) is 1.11. The highest BCUT2D eigenvalue weighted by molar-refractivity contribution is 14.0. The molecule has 0 bridgehead atoms. The number of carbonyl (C=O) groups excluding carboxylic acids is 1. The normalized spacial score (nSPS) is 24.4. The molecule has 3 aliphatic rings. The van der Waals surface area contributed by atoms with E-state index in [9.17, 15) is 4.79 Å². The lowest BCUT2D eigenvalue weighted by Gasteiger charge is -2.32. The Hall–Kier alpha value is -1.62. The molecule has 0 aromatic carbocycles. The number of morpholine rings is 1. The van der Waals surface area contributed by atoms with Gasteiger partial charge in [0.25, 0.3) is 0 Å². The standard InChI is InChI=1S/C24H38N6O2.HI/c1-18-16-29(12-13-32-18)22-9-8-19(14-26-22)15-27-24(25-2)28-21-10-11-30(17-21)23(31)20-6-4-3-5-7-20;/h8-9,14,18,20-21H,3-7,10-13,15-17H2,1-2H3,(H2,25,27,28);1H. The van der Waals surface area contributed by atoms with Gasteiger partial charge in [-0.2, -0.15) is 0 Å². The summed E-state index contributed by atoms with van der Waals surface area (Å²) in [6.07, 6.45) is 8.94. The zero-order chi connectivity index (χ0) is 22.3. The first-order valence-corrected chi connectivity index (χ1v) is 12.2. The van der Waals surface area contributed by atoms with Crippen molar-refractivity contribution in [3.63, 3.8) is 0 Å². The van der Waals surface area contributed by atoms with E-state index in [1.54, 1.807) is 7.05 Å². The van der Waals surface area contributed by atoms with Crippen molar-refractivity contribution in [2.75, 3.05) is 44.7 Å². The number of nitrogens with one attached hydrogen (secondary N) is 2. The fourth-order valence-electron chi connectivity index (χ4n) is 4.99. The monoisotopic (exact) mass is 570 g/mol. The number of aromatic nitrogens is 1. The molecule has 2 unspecified atom stereocenters. The highest BCUT2D eigenvalue weighted by atomic mass is 127. The number of anilines is 1. The molecule has 2 saturated heterocycles. The number of carbonyl (C=O) groups is 1. The van der Waals surface area contributed by atoms with Gasteiger partial charge in [0.1, 0.15) is 5.82 Å². The second kappa shape index (κ2) is 12.7. The molecule has 1 aliphatic carbocycles. The van der Waals surface area contributed by atoms with Gasteiger partial charge in [-0.25, -0.2) is 4.98 Å². The van der Waals surface area contributed by atoms with Gasteiger partial charge in [0.15, 0.2) is 5.96 Å². The number of likely N-dealkylation sites (tertiary alicyclic amines) is 1. The predicted octanol–water partition coefficient (Wildman–Crippen LogP) is 2.77. The smallest absolute Gasteiger partial charge is 0.225 e. The first-order valence-electron chi connectivity index (χ1n) is 12.2. The van der Waals surface area contributed by atoms with E-state index in [4.69, 9.17) is 4.74 Å². The number of amides is 1. The number of hydrogen-bond donors (Lipinski definition) is 2. The third-order valence-electron chi connectivity index (χ3n) is 6.85. The molecule has 184 valence electrons. The summed E-state index contributed by atoms with van der Waals surface area (Å²) >= 11 is 0. The number of pyridine rings is 1. The Kier molecular flexibility index (Phi) is 10.0. The lowest BCUT2D eigenvalue weighted by atomic mass is 9.88. The van der Waals surface area contributed by atoms with Gasteiger partial charge in [0.05, 0.1) is 12.7 Å². The number of aliphatic imine (C=N–C) groups is 1. The lowest BCUT2D eigenvalue weighted by molar-refractivity contribution is -0.135. The van der Waals surface area contributed by atoms with Crippen LogP contribution in [0.3, 0.4) is 0 Å². The predicted molar refractivity (Wildman–Crippen MR) is 142 cm³/mol. The second-order valence-electron chi connectivity index (χ2n) is 9.33. The van der Waals surface area contributed by atoms with Crippen LogP contribution in [-0.2, 0) is 16.1 Å².